The summed E-state index contributed by atoms with van der Waals surface area (Å²) in [6.07, 6.45) is 5.85. The van der Waals surface area contributed by atoms with Gasteiger partial charge >= 0.3 is 0 Å². The second-order valence-corrected chi connectivity index (χ2v) is 4.13. The van der Waals surface area contributed by atoms with Gasteiger partial charge in [0.25, 0.3) is 0 Å². The molecule has 86 valence electrons. The van der Waals surface area contributed by atoms with Gasteiger partial charge < -0.3 is 5.73 Å². The van der Waals surface area contributed by atoms with Gasteiger partial charge in [0.05, 0.1) is 6.54 Å². The summed E-state index contributed by atoms with van der Waals surface area (Å²) in [5, 5.41) is 3.18. The zero-order valence-corrected chi connectivity index (χ0v) is 9.46. The molecule has 1 unspecified atom stereocenters. The van der Waals surface area contributed by atoms with Crippen molar-refractivity contribution in [2.75, 3.05) is 13.1 Å². The molecule has 1 rings (SSSR count). The number of benzene rings is 1. The van der Waals surface area contributed by atoms with E-state index in [0.29, 0.717) is 19.5 Å². The molecule has 0 aliphatic heterocycles. The Bertz CT molecular complexity index is 384. The number of halogens is 1. The molecule has 0 radical (unpaired) electrons. The van der Waals surface area contributed by atoms with Crippen LogP contribution in [0.4, 0.5) is 4.39 Å². The largest absolute Gasteiger partial charge is 0.329 e. The molecule has 0 aliphatic carbocycles. The molecule has 0 amide bonds. The number of hydrogen-bond acceptors (Lipinski definition) is 2. The van der Waals surface area contributed by atoms with Gasteiger partial charge in [-0.1, -0.05) is 18.1 Å². The minimum atomic E-state index is -0.292. The first-order valence-corrected chi connectivity index (χ1v) is 5.23. The molecule has 0 saturated heterocycles. The number of hydrogen-bond donors (Lipinski definition) is 2. The van der Waals surface area contributed by atoms with Crippen LogP contribution >= 0.6 is 0 Å². The summed E-state index contributed by atoms with van der Waals surface area (Å²) in [5.41, 5.74) is 6.33. The molecule has 0 aromatic heterocycles. The molecule has 0 fully saturated rings. The third-order valence-corrected chi connectivity index (χ3v) is 2.55. The Labute approximate surface area is 96.0 Å². The van der Waals surface area contributed by atoms with Gasteiger partial charge in [0, 0.05) is 12.1 Å². The molecule has 3 N–H and O–H groups in total. The Hall–Kier alpha value is -1.37. The summed E-state index contributed by atoms with van der Waals surface area (Å²) in [6, 6.07) is 6.53. The van der Waals surface area contributed by atoms with Crippen molar-refractivity contribution < 1.29 is 4.39 Å². The minimum Gasteiger partial charge on any atom is -0.329 e. The van der Waals surface area contributed by atoms with E-state index in [9.17, 15) is 4.39 Å². The Morgan fingerprint density at radius 2 is 2.31 bits per heavy atom. The summed E-state index contributed by atoms with van der Waals surface area (Å²) in [7, 11) is 0. The van der Waals surface area contributed by atoms with Crippen LogP contribution in [0.5, 0.6) is 0 Å². The quantitative estimate of drug-likeness (QED) is 0.734. The van der Waals surface area contributed by atoms with Crippen molar-refractivity contribution in [2.24, 2.45) is 5.73 Å². The molecule has 1 atom stereocenters. The lowest BCUT2D eigenvalue weighted by Crippen LogP contribution is -2.50. The highest BCUT2D eigenvalue weighted by atomic mass is 19.1. The third kappa shape index (κ3) is 3.65. The standard InChI is InChI=1S/C13H17FN2/c1-3-7-16-13(2,10-15)9-11-5-4-6-12(14)8-11/h1,4-6,8,16H,7,9-10,15H2,2H3. The summed E-state index contributed by atoms with van der Waals surface area (Å²) < 4.78 is 13.0. The number of rotatable bonds is 5. The molecular weight excluding hydrogens is 203 g/mol. The SMILES string of the molecule is C#CCNC(C)(CN)Cc1cccc(F)c1. The molecule has 1 aromatic carbocycles. The smallest absolute Gasteiger partial charge is 0.123 e. The van der Waals surface area contributed by atoms with Gasteiger partial charge in [-0.2, -0.15) is 0 Å². The average Bonchev–Trinajstić information content (AvgIpc) is 2.26. The summed E-state index contributed by atoms with van der Waals surface area (Å²) >= 11 is 0. The van der Waals surface area contributed by atoms with Gasteiger partial charge in [-0.25, -0.2) is 4.39 Å². The van der Waals surface area contributed by atoms with Crippen LogP contribution < -0.4 is 11.1 Å². The Balaban J connectivity index is 2.73. The fourth-order valence-electron chi connectivity index (χ4n) is 1.57. The van der Waals surface area contributed by atoms with Gasteiger partial charge in [0.1, 0.15) is 5.82 Å². The summed E-state index contributed by atoms with van der Waals surface area (Å²) in [4.78, 5) is 0. The van der Waals surface area contributed by atoms with Crippen LogP contribution in [-0.4, -0.2) is 18.6 Å². The molecule has 3 heteroatoms. The van der Waals surface area contributed by atoms with Crippen LogP contribution in [0.1, 0.15) is 12.5 Å². The molecule has 0 heterocycles. The molecule has 16 heavy (non-hydrogen) atoms. The molecule has 0 saturated carbocycles. The first-order valence-electron chi connectivity index (χ1n) is 5.23. The third-order valence-electron chi connectivity index (χ3n) is 2.55. The maximum Gasteiger partial charge on any atom is 0.123 e. The zero-order chi connectivity index (χ0) is 12.0. The lowest BCUT2D eigenvalue weighted by molar-refractivity contribution is 0.379. The highest BCUT2D eigenvalue weighted by Crippen LogP contribution is 2.13. The van der Waals surface area contributed by atoms with E-state index in [1.807, 2.05) is 13.0 Å². The van der Waals surface area contributed by atoms with Crippen LogP contribution in [0.2, 0.25) is 0 Å². The van der Waals surface area contributed by atoms with Gasteiger partial charge in [-0.05, 0) is 31.0 Å². The molecule has 0 spiro atoms. The normalized spacial score (nSPS) is 14.1. The van der Waals surface area contributed by atoms with E-state index in [-0.39, 0.29) is 11.4 Å². The first-order chi connectivity index (χ1) is 7.59. The van der Waals surface area contributed by atoms with Crippen LogP contribution in [0, 0.1) is 18.2 Å². The van der Waals surface area contributed by atoms with E-state index in [2.05, 4.69) is 11.2 Å². The van der Waals surface area contributed by atoms with Gasteiger partial charge in [0.2, 0.25) is 0 Å². The topological polar surface area (TPSA) is 38.0 Å². The average molecular weight is 220 g/mol. The van der Waals surface area contributed by atoms with E-state index in [4.69, 9.17) is 12.2 Å². The summed E-state index contributed by atoms with van der Waals surface area (Å²) in [6.45, 7) is 2.89. The maximum absolute atomic E-state index is 13.0. The van der Waals surface area contributed by atoms with E-state index in [1.165, 1.54) is 12.1 Å². The Kier molecular flexibility index (Phi) is 4.48. The van der Waals surface area contributed by atoms with Crippen molar-refractivity contribution in [3.8, 4) is 12.3 Å². The summed E-state index contributed by atoms with van der Waals surface area (Å²) in [5.74, 6) is 2.29. The molecule has 0 aliphatic rings. The Morgan fingerprint density at radius 3 is 2.88 bits per heavy atom. The van der Waals surface area contributed by atoms with Crippen molar-refractivity contribution in [3.05, 3.63) is 35.6 Å². The minimum absolute atomic E-state index is 0.228. The second kappa shape index (κ2) is 5.64. The van der Waals surface area contributed by atoms with Crippen LogP contribution in [0.25, 0.3) is 0 Å². The number of nitrogens with two attached hydrogens (primary N) is 1. The van der Waals surface area contributed by atoms with Crippen LogP contribution in [0.3, 0.4) is 0 Å². The fraction of sp³-hybridized carbons (Fsp3) is 0.385. The van der Waals surface area contributed by atoms with Gasteiger partial charge in [-0.3, -0.25) is 5.32 Å². The zero-order valence-electron chi connectivity index (χ0n) is 9.46. The van der Waals surface area contributed by atoms with Crippen molar-refractivity contribution in [3.63, 3.8) is 0 Å². The highest BCUT2D eigenvalue weighted by Gasteiger charge is 2.21. The molecule has 1 aromatic rings. The number of terminal acetylenes is 1. The number of nitrogens with one attached hydrogen (secondary N) is 1. The van der Waals surface area contributed by atoms with Crippen molar-refractivity contribution in [1.29, 1.82) is 0 Å². The van der Waals surface area contributed by atoms with Crippen molar-refractivity contribution >= 4 is 0 Å². The van der Waals surface area contributed by atoms with Gasteiger partial charge in [-0.15, -0.1) is 6.42 Å². The van der Waals surface area contributed by atoms with Crippen LogP contribution in [-0.2, 0) is 6.42 Å². The Morgan fingerprint density at radius 1 is 1.56 bits per heavy atom. The lowest BCUT2D eigenvalue weighted by atomic mass is 9.93. The van der Waals surface area contributed by atoms with E-state index in [0.717, 1.165) is 5.56 Å². The predicted octanol–water partition coefficient (Wildman–Crippen LogP) is 1.31. The molecule has 0 bridgehead atoms. The van der Waals surface area contributed by atoms with E-state index >= 15 is 0 Å². The van der Waals surface area contributed by atoms with E-state index in [1.54, 1.807) is 6.07 Å². The highest BCUT2D eigenvalue weighted by molar-refractivity contribution is 5.19. The monoisotopic (exact) mass is 220 g/mol. The predicted molar refractivity (Wildman–Crippen MR) is 64.4 cm³/mol. The molecule has 2 nitrogen and oxygen atoms in total. The van der Waals surface area contributed by atoms with Crippen molar-refractivity contribution in [2.45, 2.75) is 18.9 Å². The van der Waals surface area contributed by atoms with E-state index < -0.39 is 0 Å². The molecular formula is C13H17FN2. The maximum atomic E-state index is 13.0. The fourth-order valence-corrected chi connectivity index (χ4v) is 1.57. The van der Waals surface area contributed by atoms with Crippen molar-refractivity contribution in [1.82, 2.24) is 5.32 Å². The van der Waals surface area contributed by atoms with Gasteiger partial charge in [0.15, 0.2) is 0 Å². The first kappa shape index (κ1) is 12.7. The second-order valence-electron chi connectivity index (χ2n) is 4.13. The lowest BCUT2D eigenvalue weighted by Gasteiger charge is -2.28. The van der Waals surface area contributed by atoms with Crippen LogP contribution in [0.15, 0.2) is 24.3 Å².